The van der Waals surface area contributed by atoms with Gasteiger partial charge in [0.05, 0.1) is 35.5 Å². The monoisotopic (exact) mass is 633 g/mol. The number of nitrogens with zero attached hydrogens (tertiary/aromatic N) is 3. The molecular weight excluding hydrogens is 610 g/mol. The van der Waals surface area contributed by atoms with Crippen LogP contribution in [-0.4, -0.2) is 42.6 Å². The maximum Gasteiger partial charge on any atom is 1.00 e. The molecule has 2 heterocycles. The molecule has 1 aliphatic carbocycles. The minimum atomic E-state index is -4.57. The molecule has 2 atom stereocenters. The number of benzene rings is 2. The van der Waals surface area contributed by atoms with Crippen LogP contribution < -0.4 is 118 Å². The molecule has 0 bridgehead atoms. The summed E-state index contributed by atoms with van der Waals surface area (Å²) in [4.78, 5) is 38.6. The number of hydrogen-bond acceptors (Lipinski definition) is 7. The topological polar surface area (TPSA) is 137 Å². The van der Waals surface area contributed by atoms with Crippen molar-refractivity contribution in [3.8, 4) is 6.07 Å². The van der Waals surface area contributed by atoms with Gasteiger partial charge in [-0.05, 0) is 61.3 Å². The summed E-state index contributed by atoms with van der Waals surface area (Å²) in [6, 6.07) is 12.3. The van der Waals surface area contributed by atoms with E-state index in [-0.39, 0.29) is 120 Å². The summed E-state index contributed by atoms with van der Waals surface area (Å²) >= 11 is 0. The Hall–Kier alpha value is -1.10. The fourth-order valence-electron chi connectivity index (χ4n) is 5.26. The van der Waals surface area contributed by atoms with Gasteiger partial charge in [-0.25, -0.2) is 4.79 Å². The number of carbonyl (C=O) groups is 3. The van der Waals surface area contributed by atoms with Crippen molar-refractivity contribution in [1.82, 2.24) is 4.90 Å². The molecule has 14 heteroatoms. The van der Waals surface area contributed by atoms with E-state index in [1.807, 2.05) is 0 Å². The van der Waals surface area contributed by atoms with Gasteiger partial charge >= 0.3 is 115 Å². The van der Waals surface area contributed by atoms with E-state index >= 15 is 0 Å². The molecule has 0 radical (unpaired) electrons. The van der Waals surface area contributed by atoms with Crippen LogP contribution in [0.25, 0.3) is 0 Å². The number of halogens is 3. The molecule has 2 unspecified atom stereocenters. The standard InChI is InChI=1S/C27H24F3N3O3.CH2O3.2K/c28-27(29,30)20-3-1-4-21(13-20)33-22-5-2-6-23(34)24(22)25(19-9-7-17(14-31)8-10-19)32(26(33)35)15-18-11-12-36-16-18;2-1(3)4;;/h1,3-4,7-10,13,18,25H,2,5-6,11-12,15-16H2;(H2,2,3,4);;/q;;2*+1/p-2. The van der Waals surface area contributed by atoms with Gasteiger partial charge in [0.25, 0.3) is 0 Å². The maximum atomic E-state index is 14.1. The molecule has 0 N–H and O–H groups in total. The van der Waals surface area contributed by atoms with Gasteiger partial charge in [0.1, 0.15) is 0 Å². The van der Waals surface area contributed by atoms with Crippen LogP contribution in [0.15, 0.2) is 59.8 Å². The average Bonchev–Trinajstić information content (AvgIpc) is 3.42. The zero-order valence-corrected chi connectivity index (χ0v) is 29.4. The van der Waals surface area contributed by atoms with Gasteiger partial charge in [0.15, 0.2) is 5.78 Å². The zero-order chi connectivity index (χ0) is 29.0. The van der Waals surface area contributed by atoms with Crippen molar-refractivity contribution >= 4 is 23.7 Å². The van der Waals surface area contributed by atoms with E-state index in [0.29, 0.717) is 61.4 Å². The summed E-state index contributed by atoms with van der Waals surface area (Å²) in [5.74, 6) is -0.0817. The molecule has 3 aliphatic rings. The number of amides is 2. The average molecular weight is 634 g/mol. The number of carboxylic acid groups (broad SMARTS) is 2. The quantitative estimate of drug-likeness (QED) is 0.331. The van der Waals surface area contributed by atoms with Gasteiger partial charge in [0, 0.05) is 36.8 Å². The Balaban J connectivity index is 0.000000967. The van der Waals surface area contributed by atoms with Crippen molar-refractivity contribution in [3.05, 3.63) is 76.5 Å². The normalized spacial score (nSPS) is 20.0. The van der Waals surface area contributed by atoms with Gasteiger partial charge in [-0.15, -0.1) is 0 Å². The largest absolute Gasteiger partial charge is 1.00 e. The van der Waals surface area contributed by atoms with Crippen LogP contribution in [0.2, 0.25) is 0 Å². The van der Waals surface area contributed by atoms with Gasteiger partial charge in [-0.2, -0.15) is 18.4 Å². The molecule has 2 aromatic rings. The van der Waals surface area contributed by atoms with E-state index in [4.69, 9.17) is 19.7 Å². The Morgan fingerprint density at radius 3 is 2.31 bits per heavy atom. The Morgan fingerprint density at radius 2 is 1.74 bits per heavy atom. The predicted molar refractivity (Wildman–Crippen MR) is 130 cm³/mol. The number of carbonyl (C=O) groups excluding carboxylic acids is 3. The number of hydrogen-bond donors (Lipinski definition) is 0. The van der Waals surface area contributed by atoms with Crippen molar-refractivity contribution in [3.63, 3.8) is 0 Å². The van der Waals surface area contributed by atoms with Gasteiger partial charge in [0.2, 0.25) is 0 Å². The minimum absolute atomic E-state index is 0. The number of allylic oxidation sites excluding steroid dienone is 1. The van der Waals surface area contributed by atoms with E-state index < -0.39 is 30.0 Å². The number of ether oxygens (including phenoxy) is 1. The van der Waals surface area contributed by atoms with Crippen LogP contribution in [0.1, 0.15) is 48.4 Å². The fourth-order valence-corrected chi connectivity index (χ4v) is 5.26. The molecule has 0 spiro atoms. The number of anilines is 1. The first-order valence-electron chi connectivity index (χ1n) is 12.5. The second-order valence-corrected chi connectivity index (χ2v) is 9.57. The Morgan fingerprint density at radius 1 is 1.07 bits per heavy atom. The second kappa shape index (κ2) is 16.3. The summed E-state index contributed by atoms with van der Waals surface area (Å²) in [6.45, 7) is 1.33. The van der Waals surface area contributed by atoms with Crippen molar-refractivity contribution in [2.75, 3.05) is 24.7 Å². The molecule has 2 amide bonds. The summed E-state index contributed by atoms with van der Waals surface area (Å²) < 4.78 is 46.0. The van der Waals surface area contributed by atoms with E-state index in [2.05, 4.69) is 6.07 Å². The number of Topliss-reactive ketones (excluding diaryl/α,β-unsaturated/α-hetero) is 1. The summed E-state index contributed by atoms with van der Waals surface area (Å²) in [6.07, 6.45) is -4.95. The molecule has 1 saturated heterocycles. The smallest absolute Gasteiger partial charge is 0.652 e. The van der Waals surface area contributed by atoms with Crippen LogP contribution in [0.5, 0.6) is 0 Å². The van der Waals surface area contributed by atoms with Gasteiger partial charge in [-0.1, -0.05) is 18.2 Å². The minimum Gasteiger partial charge on any atom is -0.652 e. The summed E-state index contributed by atoms with van der Waals surface area (Å²) in [5.41, 5.74) is 1.25. The number of alkyl halides is 3. The predicted octanol–water partition coefficient (Wildman–Crippen LogP) is -2.84. The van der Waals surface area contributed by atoms with E-state index in [0.717, 1.165) is 18.6 Å². The molecule has 1 fully saturated rings. The molecule has 0 aromatic heterocycles. The maximum absolute atomic E-state index is 14.1. The van der Waals surface area contributed by atoms with Crippen LogP contribution in [0, 0.1) is 17.2 Å². The first kappa shape index (κ1) is 37.1. The molecule has 42 heavy (non-hydrogen) atoms. The van der Waals surface area contributed by atoms with Crippen LogP contribution in [0.3, 0.4) is 0 Å². The third-order valence-corrected chi connectivity index (χ3v) is 6.99. The zero-order valence-electron chi connectivity index (χ0n) is 23.1. The summed E-state index contributed by atoms with van der Waals surface area (Å²) in [5, 5.41) is 25.9. The third kappa shape index (κ3) is 8.75. The van der Waals surface area contributed by atoms with Crippen molar-refractivity contribution in [2.45, 2.75) is 37.9 Å². The number of rotatable bonds is 4. The molecule has 2 aliphatic heterocycles. The molecule has 210 valence electrons. The van der Waals surface area contributed by atoms with Gasteiger partial charge < -0.3 is 24.6 Å². The Kier molecular flexibility index (Phi) is 14.4. The number of urea groups is 1. The summed E-state index contributed by atoms with van der Waals surface area (Å²) in [7, 11) is 0. The van der Waals surface area contributed by atoms with E-state index in [9.17, 15) is 28.0 Å². The van der Waals surface area contributed by atoms with Gasteiger partial charge in [-0.3, -0.25) is 9.69 Å². The molecule has 9 nitrogen and oxygen atoms in total. The fraction of sp³-hybridized carbons (Fsp3) is 0.357. The molecular formula is C28H24F3K2N3O6. The molecule has 0 saturated carbocycles. The second-order valence-electron chi connectivity index (χ2n) is 9.57. The van der Waals surface area contributed by atoms with Crippen molar-refractivity contribution in [2.24, 2.45) is 5.92 Å². The molecule has 2 aromatic carbocycles. The third-order valence-electron chi connectivity index (χ3n) is 6.99. The van der Waals surface area contributed by atoms with Crippen molar-refractivity contribution in [1.29, 1.82) is 5.26 Å². The number of ketones is 1. The van der Waals surface area contributed by atoms with Crippen LogP contribution >= 0.6 is 0 Å². The Labute approximate surface area is 325 Å². The van der Waals surface area contributed by atoms with Crippen LogP contribution in [0.4, 0.5) is 28.4 Å². The Bertz CT molecular complexity index is 1370. The first-order chi connectivity index (χ1) is 19.0. The van der Waals surface area contributed by atoms with E-state index in [1.54, 1.807) is 29.2 Å². The van der Waals surface area contributed by atoms with Crippen LogP contribution in [-0.2, 0) is 15.7 Å². The van der Waals surface area contributed by atoms with E-state index in [1.165, 1.54) is 17.0 Å². The first-order valence-corrected chi connectivity index (χ1v) is 12.5. The number of nitriles is 1. The SMILES string of the molecule is N#Cc1ccc(C2C3=C(CCCC3=O)N(c3cccc(C(F)(F)F)c3)C(=O)N2CC2CCOC2)cc1.O=C([O-])[O-].[K+].[K+]. The molecule has 5 rings (SSSR count). The van der Waals surface area contributed by atoms with Crippen molar-refractivity contribution < 1.29 is 145 Å².